The molecule has 1 nitrogen and oxygen atoms in total. The van der Waals surface area contributed by atoms with Gasteiger partial charge in [-0.3, -0.25) is 0 Å². The normalized spacial score (nSPS) is 14.1. The van der Waals surface area contributed by atoms with Gasteiger partial charge in [0, 0.05) is 19.5 Å². The zero-order valence-electron chi connectivity index (χ0n) is 10.8. The molecule has 0 spiro atoms. The van der Waals surface area contributed by atoms with Crippen molar-refractivity contribution in [3.05, 3.63) is 67.3 Å². The highest BCUT2D eigenvalue weighted by molar-refractivity contribution is 9.10. The highest BCUT2D eigenvalue weighted by atomic mass is 79.9. The molecule has 1 atom stereocenters. The van der Waals surface area contributed by atoms with Crippen LogP contribution in [0.4, 0.5) is 4.39 Å². The lowest BCUT2D eigenvalue weighted by molar-refractivity contribution is 0.475. The lowest BCUT2D eigenvalue weighted by Gasteiger charge is -2.27. The highest BCUT2D eigenvalue weighted by Crippen LogP contribution is 2.32. The third-order valence-electron chi connectivity index (χ3n) is 3.11. The highest BCUT2D eigenvalue weighted by Gasteiger charge is 2.25. The van der Waals surface area contributed by atoms with Crippen LogP contribution in [0.5, 0.6) is 0 Å². The lowest BCUT2D eigenvalue weighted by Crippen LogP contribution is -2.36. The van der Waals surface area contributed by atoms with Gasteiger partial charge >= 0.3 is 0 Å². The summed E-state index contributed by atoms with van der Waals surface area (Å²) in [6.07, 6.45) is 0.361. The van der Waals surface area contributed by atoms with E-state index in [-0.39, 0.29) is 5.82 Å². The molecule has 0 saturated carbocycles. The van der Waals surface area contributed by atoms with Gasteiger partial charge in [0.05, 0.1) is 0 Å². The van der Waals surface area contributed by atoms with Crippen LogP contribution in [-0.4, -0.2) is 0 Å². The second-order valence-corrected chi connectivity index (χ2v) is 7.19. The van der Waals surface area contributed by atoms with Crippen molar-refractivity contribution in [3.63, 3.8) is 0 Å². The average molecular weight is 422 g/mol. The molecule has 0 amide bonds. The number of rotatable bonds is 3. The second-order valence-electron chi connectivity index (χ2n) is 4.95. The van der Waals surface area contributed by atoms with Crippen molar-refractivity contribution < 1.29 is 4.39 Å². The quantitative estimate of drug-likeness (QED) is 0.704. The Labute approximate surface area is 139 Å². The molecule has 20 heavy (non-hydrogen) atoms. The van der Waals surface area contributed by atoms with E-state index in [0.717, 1.165) is 14.5 Å². The Bertz CT molecular complexity index is 644. The summed E-state index contributed by atoms with van der Waals surface area (Å²) in [6.45, 7) is 1.85. The molecular formula is C15H13Br2ClFN. The number of halogens is 4. The predicted octanol–water partition coefficient (Wildman–Crippen LogP) is 5.42. The van der Waals surface area contributed by atoms with Crippen molar-refractivity contribution >= 4 is 43.5 Å². The number of hydrogen-bond donors (Lipinski definition) is 1. The smallest absolute Gasteiger partial charge is 0.126 e. The van der Waals surface area contributed by atoms with E-state index in [0.29, 0.717) is 17.0 Å². The van der Waals surface area contributed by atoms with Gasteiger partial charge in [-0.1, -0.05) is 49.5 Å². The minimum Gasteiger partial charge on any atom is -0.321 e. The van der Waals surface area contributed by atoms with Crippen molar-refractivity contribution in [3.8, 4) is 0 Å². The van der Waals surface area contributed by atoms with E-state index < -0.39 is 5.54 Å². The van der Waals surface area contributed by atoms with Crippen LogP contribution < -0.4 is 5.73 Å². The molecule has 0 aliphatic carbocycles. The molecule has 0 aliphatic heterocycles. The fourth-order valence-electron chi connectivity index (χ4n) is 2.12. The standard InChI is InChI=1S/C15H13Br2ClFN/c1-15(20,12-4-2-11(17)7-13(12)18)8-9-6-10(16)3-5-14(9)19/h2-7H,8,20H2,1H3. The zero-order valence-corrected chi connectivity index (χ0v) is 14.7. The van der Waals surface area contributed by atoms with Gasteiger partial charge in [0.15, 0.2) is 0 Å². The van der Waals surface area contributed by atoms with Gasteiger partial charge in [0.2, 0.25) is 0 Å². The summed E-state index contributed by atoms with van der Waals surface area (Å²) in [5.41, 5.74) is 6.96. The lowest BCUT2D eigenvalue weighted by atomic mass is 9.86. The fraction of sp³-hybridized carbons (Fsp3) is 0.200. The molecule has 106 valence electrons. The third kappa shape index (κ3) is 3.61. The molecule has 0 aliphatic rings. The van der Waals surface area contributed by atoms with Crippen LogP contribution in [0, 0.1) is 5.82 Å². The summed E-state index contributed by atoms with van der Waals surface area (Å²) in [5.74, 6) is -0.266. The van der Waals surface area contributed by atoms with E-state index in [9.17, 15) is 4.39 Å². The van der Waals surface area contributed by atoms with E-state index in [2.05, 4.69) is 31.9 Å². The van der Waals surface area contributed by atoms with Crippen LogP contribution >= 0.6 is 43.5 Å². The second kappa shape index (κ2) is 6.14. The van der Waals surface area contributed by atoms with Gasteiger partial charge in [0.25, 0.3) is 0 Å². The Kier molecular flexibility index (Phi) is 4.90. The summed E-state index contributed by atoms with van der Waals surface area (Å²) in [7, 11) is 0. The van der Waals surface area contributed by atoms with E-state index in [1.165, 1.54) is 6.07 Å². The topological polar surface area (TPSA) is 26.0 Å². The maximum atomic E-state index is 13.9. The predicted molar refractivity (Wildman–Crippen MR) is 88.5 cm³/mol. The van der Waals surface area contributed by atoms with Crippen molar-refractivity contribution in [2.75, 3.05) is 0 Å². The van der Waals surface area contributed by atoms with Gasteiger partial charge in [-0.15, -0.1) is 0 Å². The van der Waals surface area contributed by atoms with Crippen molar-refractivity contribution in [2.24, 2.45) is 5.73 Å². The average Bonchev–Trinajstić information content (AvgIpc) is 2.33. The maximum absolute atomic E-state index is 13.9. The van der Waals surface area contributed by atoms with Gasteiger partial charge in [-0.2, -0.15) is 0 Å². The molecule has 1 unspecified atom stereocenters. The molecule has 2 aromatic carbocycles. The first-order chi connectivity index (χ1) is 9.29. The summed E-state index contributed by atoms with van der Waals surface area (Å²) >= 11 is 12.9. The summed E-state index contributed by atoms with van der Waals surface area (Å²) < 4.78 is 15.6. The Morgan fingerprint density at radius 3 is 2.40 bits per heavy atom. The van der Waals surface area contributed by atoms with Crippen molar-refractivity contribution in [2.45, 2.75) is 18.9 Å². The molecular weight excluding hydrogens is 408 g/mol. The van der Waals surface area contributed by atoms with Crippen LogP contribution in [0.2, 0.25) is 5.02 Å². The molecule has 5 heteroatoms. The first-order valence-corrected chi connectivity index (χ1v) is 7.94. The van der Waals surface area contributed by atoms with Crippen molar-refractivity contribution in [1.29, 1.82) is 0 Å². The minimum absolute atomic E-state index is 0.266. The van der Waals surface area contributed by atoms with Crippen LogP contribution in [0.15, 0.2) is 45.3 Å². The molecule has 0 heterocycles. The van der Waals surface area contributed by atoms with E-state index in [4.69, 9.17) is 17.3 Å². The zero-order chi connectivity index (χ0) is 14.9. The summed E-state index contributed by atoms with van der Waals surface area (Å²) in [5, 5.41) is 0.569. The van der Waals surface area contributed by atoms with Gasteiger partial charge in [0.1, 0.15) is 5.82 Å². The SMILES string of the molecule is CC(N)(Cc1cc(Br)ccc1F)c1ccc(Br)cc1Cl. The molecule has 0 bridgehead atoms. The van der Waals surface area contributed by atoms with Crippen LogP contribution in [0.3, 0.4) is 0 Å². The van der Waals surface area contributed by atoms with Gasteiger partial charge in [-0.25, -0.2) is 4.39 Å². The molecule has 0 fully saturated rings. The van der Waals surface area contributed by atoms with Crippen LogP contribution in [-0.2, 0) is 12.0 Å². The number of benzene rings is 2. The number of hydrogen-bond acceptors (Lipinski definition) is 1. The van der Waals surface area contributed by atoms with E-state index >= 15 is 0 Å². The van der Waals surface area contributed by atoms with Crippen LogP contribution in [0.1, 0.15) is 18.1 Å². The van der Waals surface area contributed by atoms with Gasteiger partial charge < -0.3 is 5.73 Å². The molecule has 0 radical (unpaired) electrons. The minimum atomic E-state index is -0.751. The van der Waals surface area contributed by atoms with Gasteiger partial charge in [-0.05, 0) is 54.8 Å². The van der Waals surface area contributed by atoms with Crippen molar-refractivity contribution in [1.82, 2.24) is 0 Å². The molecule has 2 aromatic rings. The third-order valence-corrected chi connectivity index (χ3v) is 4.41. The summed E-state index contributed by atoms with van der Waals surface area (Å²) in [4.78, 5) is 0. The maximum Gasteiger partial charge on any atom is 0.126 e. The monoisotopic (exact) mass is 419 g/mol. The van der Waals surface area contributed by atoms with E-state index in [1.54, 1.807) is 18.2 Å². The van der Waals surface area contributed by atoms with Crippen LogP contribution in [0.25, 0.3) is 0 Å². The Balaban J connectivity index is 2.37. The van der Waals surface area contributed by atoms with E-state index in [1.807, 2.05) is 19.1 Å². The molecule has 2 N–H and O–H groups in total. The first kappa shape index (κ1) is 16.0. The fourth-order valence-corrected chi connectivity index (χ4v) is 3.42. The Hall–Kier alpha value is -0.420. The number of nitrogens with two attached hydrogens (primary N) is 1. The molecule has 2 rings (SSSR count). The molecule has 0 aromatic heterocycles. The molecule has 0 saturated heterocycles. The Morgan fingerprint density at radius 1 is 1.15 bits per heavy atom. The first-order valence-electron chi connectivity index (χ1n) is 5.98. The largest absolute Gasteiger partial charge is 0.321 e. The summed E-state index contributed by atoms with van der Waals surface area (Å²) in [6, 6.07) is 10.4. The Morgan fingerprint density at radius 2 is 1.75 bits per heavy atom.